The topological polar surface area (TPSA) is 52.2 Å². The van der Waals surface area contributed by atoms with Crippen LogP contribution in [0.4, 0.5) is 0 Å². The van der Waals surface area contributed by atoms with Crippen molar-refractivity contribution >= 4 is 28.4 Å². The van der Waals surface area contributed by atoms with E-state index in [1.54, 1.807) is 17.8 Å². The van der Waals surface area contributed by atoms with Crippen molar-refractivity contribution in [1.29, 1.82) is 0 Å². The number of para-hydroxylation sites is 2. The Morgan fingerprint density at radius 3 is 2.58 bits per heavy atom. The van der Waals surface area contributed by atoms with Crippen LogP contribution in [0.2, 0.25) is 0 Å². The van der Waals surface area contributed by atoms with Crippen LogP contribution in [0.1, 0.15) is 13.3 Å². The largest absolute Gasteiger partial charge is 0.283 e. The summed E-state index contributed by atoms with van der Waals surface area (Å²) in [5, 5.41) is 5.91. The molecule has 6 heteroatoms. The minimum atomic E-state index is -0.136. The molecule has 120 valence electrons. The molecule has 4 aromatic rings. The molecule has 0 aliphatic heterocycles. The molecule has 2 aromatic carbocycles. The maximum absolute atomic E-state index is 12.8. The number of aromatic nitrogens is 4. The highest BCUT2D eigenvalue weighted by Gasteiger charge is 2.17. The number of nitrogens with zero attached hydrogens (tertiary/aromatic N) is 4. The fraction of sp³-hybridized carbons (Fsp3) is 0.167. The lowest BCUT2D eigenvalue weighted by atomic mass is 10.2. The van der Waals surface area contributed by atoms with Gasteiger partial charge in [-0.2, -0.15) is 4.52 Å². The highest BCUT2D eigenvalue weighted by atomic mass is 32.2. The van der Waals surface area contributed by atoms with Gasteiger partial charge in [0.25, 0.3) is 5.56 Å². The molecule has 0 bridgehead atoms. The third-order valence-corrected chi connectivity index (χ3v) is 4.90. The molecule has 0 aliphatic rings. The normalized spacial score (nSPS) is 11.4. The number of rotatable bonds is 4. The SMILES string of the molecule is CCCSc1nn2c(=O)c3ccccc3nc2n1-c1ccccc1. The number of fused-ring (bicyclic) bond motifs is 2. The summed E-state index contributed by atoms with van der Waals surface area (Å²) >= 11 is 1.63. The van der Waals surface area contributed by atoms with E-state index in [4.69, 9.17) is 4.98 Å². The van der Waals surface area contributed by atoms with Gasteiger partial charge in [0.15, 0.2) is 5.16 Å². The summed E-state index contributed by atoms with van der Waals surface area (Å²) in [6.45, 7) is 2.13. The summed E-state index contributed by atoms with van der Waals surface area (Å²) in [6, 6.07) is 17.3. The fourth-order valence-corrected chi connectivity index (χ4v) is 3.49. The monoisotopic (exact) mass is 336 g/mol. The molecule has 0 spiro atoms. The highest BCUT2D eigenvalue weighted by Crippen LogP contribution is 2.24. The van der Waals surface area contributed by atoms with Crippen LogP contribution in [0, 0.1) is 0 Å². The fourth-order valence-electron chi connectivity index (χ4n) is 2.65. The van der Waals surface area contributed by atoms with Gasteiger partial charge < -0.3 is 0 Å². The van der Waals surface area contributed by atoms with Gasteiger partial charge in [-0.25, -0.2) is 4.98 Å². The highest BCUT2D eigenvalue weighted by molar-refractivity contribution is 7.99. The first-order valence-electron chi connectivity index (χ1n) is 7.88. The van der Waals surface area contributed by atoms with Crippen molar-refractivity contribution in [2.75, 3.05) is 5.75 Å². The Labute approximate surface area is 143 Å². The second-order valence-electron chi connectivity index (χ2n) is 5.45. The smallest absolute Gasteiger partial charge is 0.267 e. The Hall–Kier alpha value is -2.60. The van der Waals surface area contributed by atoms with Crippen molar-refractivity contribution in [3.05, 3.63) is 65.0 Å². The van der Waals surface area contributed by atoms with E-state index >= 15 is 0 Å². The molecule has 0 amide bonds. The van der Waals surface area contributed by atoms with Gasteiger partial charge in [-0.15, -0.1) is 5.10 Å². The van der Waals surface area contributed by atoms with Gasteiger partial charge in [-0.3, -0.25) is 9.36 Å². The molecule has 4 rings (SSSR count). The average molecular weight is 336 g/mol. The zero-order chi connectivity index (χ0) is 16.5. The molecule has 0 fully saturated rings. The predicted octanol–water partition coefficient (Wildman–Crippen LogP) is 3.54. The number of hydrogen-bond acceptors (Lipinski definition) is 4. The van der Waals surface area contributed by atoms with Crippen LogP contribution in [0.5, 0.6) is 0 Å². The molecule has 0 saturated carbocycles. The molecule has 5 nitrogen and oxygen atoms in total. The third-order valence-electron chi connectivity index (χ3n) is 3.76. The Morgan fingerprint density at radius 2 is 1.79 bits per heavy atom. The average Bonchev–Trinajstić information content (AvgIpc) is 2.99. The van der Waals surface area contributed by atoms with Gasteiger partial charge in [0.1, 0.15) is 0 Å². The van der Waals surface area contributed by atoms with Gasteiger partial charge in [-0.1, -0.05) is 49.0 Å². The molecule has 2 aromatic heterocycles. The maximum Gasteiger partial charge on any atom is 0.283 e. The number of hydrogen-bond donors (Lipinski definition) is 0. The van der Waals surface area contributed by atoms with E-state index in [2.05, 4.69) is 12.0 Å². The zero-order valence-corrected chi connectivity index (χ0v) is 14.0. The Kier molecular flexibility index (Phi) is 3.82. The molecule has 0 atom stereocenters. The standard InChI is InChI=1S/C18H16N4OS/c1-2-12-24-18-20-22-16(23)14-10-6-7-11-15(14)19-17(22)21(18)13-8-4-3-5-9-13/h3-11H,2,12H2,1H3. The van der Waals surface area contributed by atoms with Crippen molar-refractivity contribution in [3.63, 3.8) is 0 Å². The van der Waals surface area contributed by atoms with E-state index in [-0.39, 0.29) is 5.56 Å². The van der Waals surface area contributed by atoms with Gasteiger partial charge in [-0.05, 0) is 30.7 Å². The second kappa shape index (κ2) is 6.13. The van der Waals surface area contributed by atoms with E-state index in [0.29, 0.717) is 16.7 Å². The maximum atomic E-state index is 12.8. The molecule has 0 radical (unpaired) electrons. The summed E-state index contributed by atoms with van der Waals surface area (Å²) in [5.74, 6) is 1.48. The first-order valence-corrected chi connectivity index (χ1v) is 8.87. The Balaban J connectivity index is 2.08. The van der Waals surface area contributed by atoms with E-state index in [1.165, 1.54) is 4.52 Å². The first-order chi connectivity index (χ1) is 11.8. The lowest BCUT2D eigenvalue weighted by Gasteiger charge is -2.06. The molecule has 0 saturated heterocycles. The van der Waals surface area contributed by atoms with Crippen LogP contribution in [-0.4, -0.2) is 24.9 Å². The van der Waals surface area contributed by atoms with E-state index in [1.807, 2.05) is 53.1 Å². The summed E-state index contributed by atoms with van der Waals surface area (Å²) in [4.78, 5) is 17.5. The van der Waals surface area contributed by atoms with Crippen molar-refractivity contribution in [2.24, 2.45) is 0 Å². The van der Waals surface area contributed by atoms with Gasteiger partial charge >= 0.3 is 0 Å². The lowest BCUT2D eigenvalue weighted by molar-refractivity contribution is 0.839. The second-order valence-corrected chi connectivity index (χ2v) is 6.51. The number of benzene rings is 2. The summed E-state index contributed by atoms with van der Waals surface area (Å²) in [7, 11) is 0. The summed E-state index contributed by atoms with van der Waals surface area (Å²) in [5.41, 5.74) is 1.50. The minimum Gasteiger partial charge on any atom is -0.267 e. The Morgan fingerprint density at radius 1 is 1.04 bits per heavy atom. The first kappa shape index (κ1) is 15.0. The van der Waals surface area contributed by atoms with Crippen molar-refractivity contribution < 1.29 is 0 Å². The van der Waals surface area contributed by atoms with Crippen LogP contribution in [0.25, 0.3) is 22.4 Å². The van der Waals surface area contributed by atoms with E-state index < -0.39 is 0 Å². The van der Waals surface area contributed by atoms with Crippen LogP contribution >= 0.6 is 11.8 Å². The van der Waals surface area contributed by atoms with Crippen LogP contribution in [0.3, 0.4) is 0 Å². The summed E-state index contributed by atoms with van der Waals surface area (Å²) in [6.07, 6.45) is 1.03. The van der Waals surface area contributed by atoms with Crippen molar-refractivity contribution in [1.82, 2.24) is 19.2 Å². The third kappa shape index (κ3) is 2.39. The molecule has 0 aliphatic carbocycles. The van der Waals surface area contributed by atoms with Crippen LogP contribution in [-0.2, 0) is 0 Å². The van der Waals surface area contributed by atoms with Gasteiger partial charge in [0, 0.05) is 5.75 Å². The lowest BCUT2D eigenvalue weighted by Crippen LogP contribution is -2.16. The molecule has 24 heavy (non-hydrogen) atoms. The van der Waals surface area contributed by atoms with Gasteiger partial charge in [0.05, 0.1) is 16.6 Å². The zero-order valence-electron chi connectivity index (χ0n) is 13.2. The van der Waals surface area contributed by atoms with E-state index in [9.17, 15) is 4.79 Å². The number of thioether (sulfide) groups is 1. The Bertz CT molecular complexity index is 1070. The molecule has 2 heterocycles. The predicted molar refractivity (Wildman–Crippen MR) is 97.1 cm³/mol. The van der Waals surface area contributed by atoms with Crippen molar-refractivity contribution in [3.8, 4) is 5.69 Å². The molecular formula is C18H16N4OS. The van der Waals surface area contributed by atoms with Crippen molar-refractivity contribution in [2.45, 2.75) is 18.5 Å². The molecule has 0 unspecified atom stereocenters. The molecule has 0 N–H and O–H groups in total. The van der Waals surface area contributed by atoms with Crippen LogP contribution < -0.4 is 5.56 Å². The quantitative estimate of drug-likeness (QED) is 0.535. The van der Waals surface area contributed by atoms with Crippen LogP contribution in [0.15, 0.2) is 64.5 Å². The van der Waals surface area contributed by atoms with Gasteiger partial charge in [0.2, 0.25) is 5.78 Å². The van der Waals surface area contributed by atoms with E-state index in [0.717, 1.165) is 23.0 Å². The minimum absolute atomic E-state index is 0.136. The molecular weight excluding hydrogens is 320 g/mol. The summed E-state index contributed by atoms with van der Waals surface area (Å²) < 4.78 is 3.36.